The molecule has 2 rings (SSSR count). The van der Waals surface area contributed by atoms with Crippen molar-refractivity contribution in [3.63, 3.8) is 0 Å². The highest BCUT2D eigenvalue weighted by atomic mass is 16.1. The first-order valence-corrected chi connectivity index (χ1v) is 6.40. The van der Waals surface area contributed by atoms with Crippen LogP contribution in [0.2, 0.25) is 0 Å². The van der Waals surface area contributed by atoms with Gasteiger partial charge in [-0.25, -0.2) is 0 Å². The molecule has 1 N–H and O–H groups in total. The quantitative estimate of drug-likeness (QED) is 0.862. The summed E-state index contributed by atoms with van der Waals surface area (Å²) in [4.78, 5) is 18.4. The summed E-state index contributed by atoms with van der Waals surface area (Å²) in [7, 11) is 2.02. The van der Waals surface area contributed by atoms with Gasteiger partial charge in [-0.3, -0.25) is 9.78 Å². The van der Waals surface area contributed by atoms with Crippen molar-refractivity contribution in [2.24, 2.45) is 0 Å². The molecule has 5 heteroatoms. The lowest BCUT2D eigenvalue weighted by Crippen LogP contribution is -2.53. The summed E-state index contributed by atoms with van der Waals surface area (Å²) < 4.78 is 0. The third-order valence-electron chi connectivity index (χ3n) is 3.58. The maximum absolute atomic E-state index is 12.2. The number of hydrogen-bond donors (Lipinski definition) is 1. The van der Waals surface area contributed by atoms with Crippen molar-refractivity contribution in [2.75, 3.05) is 20.1 Å². The Balaban J connectivity index is 2.09. The Kier molecular flexibility index (Phi) is 3.82. The fourth-order valence-corrected chi connectivity index (χ4v) is 2.16. The van der Waals surface area contributed by atoms with Crippen LogP contribution in [0.3, 0.4) is 0 Å². The maximum atomic E-state index is 12.2. The highest BCUT2D eigenvalue weighted by molar-refractivity contribution is 5.94. The lowest BCUT2D eigenvalue weighted by atomic mass is 9.89. The molecule has 1 aromatic heterocycles. The molecule has 1 aliphatic heterocycles. The summed E-state index contributed by atoms with van der Waals surface area (Å²) in [5.41, 5.74) is 0.624. The van der Waals surface area contributed by atoms with Gasteiger partial charge in [-0.05, 0) is 38.9 Å². The summed E-state index contributed by atoms with van der Waals surface area (Å²) in [5, 5.41) is 12.2. The molecule has 0 saturated carbocycles. The van der Waals surface area contributed by atoms with Crippen molar-refractivity contribution < 1.29 is 4.79 Å². The van der Waals surface area contributed by atoms with E-state index in [2.05, 4.69) is 21.3 Å². The number of carbonyl (C=O) groups is 1. The van der Waals surface area contributed by atoms with Gasteiger partial charge in [-0.15, -0.1) is 0 Å². The fraction of sp³-hybridized carbons (Fsp3) is 0.500. The van der Waals surface area contributed by atoms with Gasteiger partial charge in [0.15, 0.2) is 0 Å². The summed E-state index contributed by atoms with van der Waals surface area (Å²) in [5.74, 6) is -0.224. The lowest BCUT2D eigenvalue weighted by Gasteiger charge is -2.35. The molecule has 2 heterocycles. The monoisotopic (exact) mass is 258 g/mol. The zero-order valence-electron chi connectivity index (χ0n) is 11.3. The Hall–Kier alpha value is -1.93. The Labute approximate surface area is 113 Å². The number of nitrogens with zero attached hydrogens (tertiary/aromatic N) is 3. The molecule has 0 unspecified atom stereocenters. The summed E-state index contributed by atoms with van der Waals surface area (Å²) in [6.45, 7) is 3.51. The van der Waals surface area contributed by atoms with Crippen LogP contribution in [0.1, 0.15) is 28.9 Å². The number of carbonyl (C=O) groups excluding carboxylic acids is 1. The standard InChI is InChI=1S/C14H18N4O/c1-11-3-4-12(9-16-11)13(19)17-14(10-15)5-7-18(2)8-6-14/h3-4,9H,5-8H2,1-2H3,(H,17,19). The van der Waals surface area contributed by atoms with E-state index in [4.69, 9.17) is 0 Å². The van der Waals surface area contributed by atoms with Crippen LogP contribution in [-0.2, 0) is 0 Å². The molecule has 0 atom stereocenters. The smallest absolute Gasteiger partial charge is 0.254 e. The van der Waals surface area contributed by atoms with Crippen LogP contribution in [0, 0.1) is 18.3 Å². The first-order chi connectivity index (χ1) is 9.04. The molecule has 0 radical (unpaired) electrons. The molecule has 100 valence electrons. The molecule has 5 nitrogen and oxygen atoms in total. The lowest BCUT2D eigenvalue weighted by molar-refractivity contribution is 0.0881. The molecule has 0 bridgehead atoms. The maximum Gasteiger partial charge on any atom is 0.254 e. The minimum absolute atomic E-state index is 0.224. The van der Waals surface area contributed by atoms with Gasteiger partial charge in [-0.1, -0.05) is 0 Å². The highest BCUT2D eigenvalue weighted by Gasteiger charge is 2.35. The number of rotatable bonds is 2. The van der Waals surface area contributed by atoms with E-state index in [-0.39, 0.29) is 5.91 Å². The number of nitrogens with one attached hydrogen (secondary N) is 1. The summed E-state index contributed by atoms with van der Waals surface area (Å²) in [6.07, 6.45) is 2.86. The molecular weight excluding hydrogens is 240 g/mol. The van der Waals surface area contributed by atoms with Gasteiger partial charge in [0, 0.05) is 25.0 Å². The van der Waals surface area contributed by atoms with Gasteiger partial charge in [0.2, 0.25) is 0 Å². The van der Waals surface area contributed by atoms with E-state index in [9.17, 15) is 10.1 Å². The van der Waals surface area contributed by atoms with Crippen molar-refractivity contribution in [1.29, 1.82) is 5.26 Å². The number of aryl methyl sites for hydroxylation is 1. The van der Waals surface area contributed by atoms with E-state index in [0.29, 0.717) is 18.4 Å². The number of hydrogen-bond acceptors (Lipinski definition) is 4. The normalized spacial score (nSPS) is 18.6. The van der Waals surface area contributed by atoms with E-state index < -0.39 is 5.54 Å². The van der Waals surface area contributed by atoms with Gasteiger partial charge in [0.05, 0.1) is 11.6 Å². The second-order valence-corrected chi connectivity index (χ2v) is 5.14. The third kappa shape index (κ3) is 3.09. The van der Waals surface area contributed by atoms with E-state index >= 15 is 0 Å². The van der Waals surface area contributed by atoms with Crippen molar-refractivity contribution in [2.45, 2.75) is 25.3 Å². The van der Waals surface area contributed by atoms with Crippen LogP contribution >= 0.6 is 0 Å². The Bertz CT molecular complexity index is 495. The fourth-order valence-electron chi connectivity index (χ4n) is 2.16. The number of piperidine rings is 1. The van der Waals surface area contributed by atoms with Gasteiger partial charge < -0.3 is 10.2 Å². The number of nitriles is 1. The van der Waals surface area contributed by atoms with Gasteiger partial charge in [0.25, 0.3) is 5.91 Å². The topological polar surface area (TPSA) is 69.0 Å². The van der Waals surface area contributed by atoms with Crippen molar-refractivity contribution >= 4 is 5.91 Å². The minimum Gasteiger partial charge on any atom is -0.334 e. The highest BCUT2D eigenvalue weighted by Crippen LogP contribution is 2.21. The molecule has 0 aliphatic carbocycles. The average molecular weight is 258 g/mol. The molecule has 19 heavy (non-hydrogen) atoms. The summed E-state index contributed by atoms with van der Waals surface area (Å²) >= 11 is 0. The number of pyridine rings is 1. The first kappa shape index (κ1) is 13.5. The van der Waals surface area contributed by atoms with Crippen LogP contribution in [0.15, 0.2) is 18.3 Å². The predicted octanol–water partition coefficient (Wildman–Crippen LogP) is 1.11. The predicted molar refractivity (Wildman–Crippen MR) is 71.5 cm³/mol. The van der Waals surface area contributed by atoms with Crippen molar-refractivity contribution in [3.05, 3.63) is 29.6 Å². The Morgan fingerprint density at radius 3 is 2.68 bits per heavy atom. The molecule has 1 aromatic rings. The van der Waals surface area contributed by atoms with Crippen LogP contribution < -0.4 is 5.32 Å². The third-order valence-corrected chi connectivity index (χ3v) is 3.58. The van der Waals surface area contributed by atoms with E-state index in [1.807, 2.05) is 14.0 Å². The van der Waals surface area contributed by atoms with Crippen molar-refractivity contribution in [1.82, 2.24) is 15.2 Å². The van der Waals surface area contributed by atoms with Gasteiger partial charge in [0.1, 0.15) is 5.54 Å². The number of amides is 1. The molecule has 0 spiro atoms. The largest absolute Gasteiger partial charge is 0.334 e. The first-order valence-electron chi connectivity index (χ1n) is 6.40. The second kappa shape index (κ2) is 5.37. The molecular formula is C14H18N4O. The Morgan fingerprint density at radius 1 is 1.47 bits per heavy atom. The molecule has 0 aromatic carbocycles. The van der Waals surface area contributed by atoms with Crippen LogP contribution in [-0.4, -0.2) is 41.5 Å². The average Bonchev–Trinajstić information content (AvgIpc) is 2.42. The molecule has 1 saturated heterocycles. The number of aromatic nitrogens is 1. The molecule has 1 aliphatic rings. The minimum atomic E-state index is -0.742. The van der Waals surface area contributed by atoms with E-state index in [1.54, 1.807) is 18.3 Å². The van der Waals surface area contributed by atoms with Crippen LogP contribution in [0.5, 0.6) is 0 Å². The SMILES string of the molecule is Cc1ccc(C(=O)NC2(C#N)CCN(C)CC2)cn1. The van der Waals surface area contributed by atoms with E-state index in [1.165, 1.54) is 0 Å². The number of likely N-dealkylation sites (tertiary alicyclic amines) is 1. The van der Waals surface area contributed by atoms with Crippen LogP contribution in [0.4, 0.5) is 0 Å². The molecule has 1 fully saturated rings. The zero-order chi connectivity index (χ0) is 13.9. The zero-order valence-corrected chi connectivity index (χ0v) is 11.3. The Morgan fingerprint density at radius 2 is 2.16 bits per heavy atom. The second-order valence-electron chi connectivity index (χ2n) is 5.14. The van der Waals surface area contributed by atoms with Gasteiger partial charge in [-0.2, -0.15) is 5.26 Å². The van der Waals surface area contributed by atoms with Gasteiger partial charge >= 0.3 is 0 Å². The molecule has 1 amide bonds. The van der Waals surface area contributed by atoms with Crippen LogP contribution in [0.25, 0.3) is 0 Å². The van der Waals surface area contributed by atoms with E-state index in [0.717, 1.165) is 18.8 Å². The van der Waals surface area contributed by atoms with Crippen molar-refractivity contribution in [3.8, 4) is 6.07 Å². The summed E-state index contributed by atoms with van der Waals surface area (Å²) in [6, 6.07) is 5.80.